The van der Waals surface area contributed by atoms with E-state index in [4.69, 9.17) is 0 Å². The van der Waals surface area contributed by atoms with E-state index in [0.717, 1.165) is 17.7 Å². The van der Waals surface area contributed by atoms with Gasteiger partial charge in [0.2, 0.25) is 5.91 Å². The van der Waals surface area contributed by atoms with Crippen molar-refractivity contribution >= 4 is 29.6 Å². The van der Waals surface area contributed by atoms with E-state index in [-0.39, 0.29) is 30.6 Å². The SMILES string of the molecule is O=C(CC[C@H]1NC(=O)NC1=O)N[C@@H]1CCSc2c(F)cccc21. The highest BCUT2D eigenvalue weighted by Crippen LogP contribution is 2.37. The highest BCUT2D eigenvalue weighted by Gasteiger charge is 2.30. The smallest absolute Gasteiger partial charge is 0.322 e. The Bertz CT molecular complexity index is 667. The lowest BCUT2D eigenvalue weighted by atomic mass is 10.0. The zero-order valence-corrected chi connectivity index (χ0v) is 13.0. The van der Waals surface area contributed by atoms with Crippen LogP contribution in [0.3, 0.4) is 0 Å². The van der Waals surface area contributed by atoms with Crippen molar-refractivity contribution in [2.24, 2.45) is 0 Å². The highest BCUT2D eigenvalue weighted by molar-refractivity contribution is 7.99. The molecule has 3 rings (SSSR count). The predicted molar refractivity (Wildman–Crippen MR) is 82.3 cm³/mol. The Hall–Kier alpha value is -2.09. The van der Waals surface area contributed by atoms with Gasteiger partial charge in [0.15, 0.2) is 0 Å². The third-order valence-corrected chi connectivity index (χ3v) is 5.04. The van der Waals surface area contributed by atoms with Crippen molar-refractivity contribution in [2.45, 2.75) is 36.2 Å². The van der Waals surface area contributed by atoms with Crippen molar-refractivity contribution in [1.82, 2.24) is 16.0 Å². The second-order valence-corrected chi connectivity index (χ2v) is 6.57. The zero-order chi connectivity index (χ0) is 16.4. The molecule has 0 aromatic heterocycles. The van der Waals surface area contributed by atoms with Crippen LogP contribution in [0.15, 0.2) is 23.1 Å². The molecule has 1 aromatic rings. The standard InChI is InChI=1S/C15H16FN3O3S/c16-9-3-1-2-8-10(6-7-23-13(8)9)17-12(20)5-4-11-14(21)19-15(22)18-11/h1-3,10-11H,4-7H2,(H,17,20)(H2,18,19,21,22)/t10-,11-/m1/s1. The summed E-state index contributed by atoms with van der Waals surface area (Å²) in [4.78, 5) is 35.1. The van der Waals surface area contributed by atoms with Crippen LogP contribution in [0.1, 0.15) is 30.9 Å². The maximum atomic E-state index is 13.8. The normalized spacial score (nSPS) is 23.0. The van der Waals surface area contributed by atoms with E-state index in [1.165, 1.54) is 17.8 Å². The molecule has 1 aromatic carbocycles. The number of halogens is 1. The lowest BCUT2D eigenvalue weighted by Gasteiger charge is -2.26. The van der Waals surface area contributed by atoms with Gasteiger partial charge >= 0.3 is 6.03 Å². The number of urea groups is 1. The van der Waals surface area contributed by atoms with E-state index in [0.29, 0.717) is 4.90 Å². The minimum absolute atomic E-state index is 0.118. The fourth-order valence-corrected chi connectivity index (χ4v) is 3.88. The molecule has 0 unspecified atom stereocenters. The Morgan fingerprint density at radius 1 is 1.39 bits per heavy atom. The summed E-state index contributed by atoms with van der Waals surface area (Å²) in [7, 11) is 0. The predicted octanol–water partition coefficient (Wildman–Crippen LogP) is 1.47. The quantitative estimate of drug-likeness (QED) is 0.726. The van der Waals surface area contributed by atoms with Gasteiger partial charge in [0.25, 0.3) is 5.91 Å². The molecular weight excluding hydrogens is 321 g/mol. The lowest BCUT2D eigenvalue weighted by Crippen LogP contribution is -2.34. The van der Waals surface area contributed by atoms with Gasteiger partial charge in [0, 0.05) is 17.1 Å². The van der Waals surface area contributed by atoms with Crippen LogP contribution < -0.4 is 16.0 Å². The van der Waals surface area contributed by atoms with Gasteiger partial charge in [-0.3, -0.25) is 14.9 Å². The number of imide groups is 1. The second kappa shape index (κ2) is 6.57. The molecule has 0 saturated carbocycles. The van der Waals surface area contributed by atoms with E-state index in [1.807, 2.05) is 6.07 Å². The third-order valence-electron chi connectivity index (χ3n) is 3.88. The maximum Gasteiger partial charge on any atom is 0.322 e. The second-order valence-electron chi connectivity index (χ2n) is 5.47. The summed E-state index contributed by atoms with van der Waals surface area (Å²) in [5.74, 6) is -0.160. The summed E-state index contributed by atoms with van der Waals surface area (Å²) in [5, 5.41) is 7.47. The van der Waals surface area contributed by atoms with Crippen LogP contribution in [-0.4, -0.2) is 29.6 Å². The average Bonchev–Trinajstić information content (AvgIpc) is 2.84. The summed E-state index contributed by atoms with van der Waals surface area (Å²) >= 11 is 1.45. The monoisotopic (exact) mass is 337 g/mol. The Morgan fingerprint density at radius 3 is 2.96 bits per heavy atom. The maximum absolute atomic E-state index is 13.8. The van der Waals surface area contributed by atoms with E-state index in [9.17, 15) is 18.8 Å². The van der Waals surface area contributed by atoms with Crippen molar-refractivity contribution in [3.8, 4) is 0 Å². The van der Waals surface area contributed by atoms with Crippen molar-refractivity contribution in [2.75, 3.05) is 5.75 Å². The number of fused-ring (bicyclic) bond motifs is 1. The van der Waals surface area contributed by atoms with Crippen LogP contribution in [0.5, 0.6) is 0 Å². The van der Waals surface area contributed by atoms with Crippen LogP contribution in [0.2, 0.25) is 0 Å². The van der Waals surface area contributed by atoms with Crippen LogP contribution in [0.4, 0.5) is 9.18 Å². The molecule has 6 nitrogen and oxygen atoms in total. The van der Waals surface area contributed by atoms with E-state index in [2.05, 4.69) is 16.0 Å². The molecule has 0 bridgehead atoms. The van der Waals surface area contributed by atoms with Gasteiger partial charge in [-0.1, -0.05) is 12.1 Å². The van der Waals surface area contributed by atoms with Crippen molar-refractivity contribution in [3.05, 3.63) is 29.6 Å². The Morgan fingerprint density at radius 2 is 2.22 bits per heavy atom. The molecule has 0 aliphatic carbocycles. The molecule has 0 spiro atoms. The summed E-state index contributed by atoms with van der Waals surface area (Å²) in [6, 6.07) is 3.45. The van der Waals surface area contributed by atoms with Gasteiger partial charge in [-0.2, -0.15) is 0 Å². The number of thioether (sulfide) groups is 1. The number of hydrogen-bond donors (Lipinski definition) is 3. The number of hydrogen-bond acceptors (Lipinski definition) is 4. The van der Waals surface area contributed by atoms with E-state index >= 15 is 0 Å². The lowest BCUT2D eigenvalue weighted by molar-refractivity contribution is -0.122. The van der Waals surface area contributed by atoms with Gasteiger partial charge < -0.3 is 10.6 Å². The number of carbonyl (C=O) groups is 3. The molecule has 1 saturated heterocycles. The van der Waals surface area contributed by atoms with Gasteiger partial charge in [-0.15, -0.1) is 11.8 Å². The van der Waals surface area contributed by atoms with Gasteiger partial charge in [0.1, 0.15) is 11.9 Å². The molecule has 122 valence electrons. The fraction of sp³-hybridized carbons (Fsp3) is 0.400. The first-order valence-corrected chi connectivity index (χ1v) is 8.35. The van der Waals surface area contributed by atoms with E-state index in [1.54, 1.807) is 6.07 Å². The number of carbonyl (C=O) groups excluding carboxylic acids is 3. The summed E-state index contributed by atoms with van der Waals surface area (Å²) in [6.07, 6.45) is 1.08. The van der Waals surface area contributed by atoms with Gasteiger partial charge in [0.05, 0.1) is 6.04 Å². The molecule has 3 N–H and O–H groups in total. The highest BCUT2D eigenvalue weighted by atomic mass is 32.2. The van der Waals surface area contributed by atoms with Crippen LogP contribution in [-0.2, 0) is 9.59 Å². The van der Waals surface area contributed by atoms with Crippen molar-refractivity contribution in [1.29, 1.82) is 0 Å². The molecule has 2 aliphatic rings. The van der Waals surface area contributed by atoms with Crippen LogP contribution in [0, 0.1) is 5.82 Å². The number of rotatable bonds is 4. The molecule has 23 heavy (non-hydrogen) atoms. The Kier molecular flexibility index (Phi) is 4.51. The minimum atomic E-state index is -0.667. The Labute approximate surface area is 136 Å². The summed E-state index contributed by atoms with van der Waals surface area (Å²) in [5.41, 5.74) is 0.793. The fourth-order valence-electron chi connectivity index (χ4n) is 2.74. The minimum Gasteiger partial charge on any atom is -0.349 e. The summed E-state index contributed by atoms with van der Waals surface area (Å²) in [6.45, 7) is 0. The molecule has 8 heteroatoms. The first kappa shape index (κ1) is 15.8. The Balaban J connectivity index is 1.58. The van der Waals surface area contributed by atoms with E-state index < -0.39 is 18.0 Å². The number of benzene rings is 1. The molecule has 2 heterocycles. The van der Waals surface area contributed by atoms with Crippen molar-refractivity contribution < 1.29 is 18.8 Å². The van der Waals surface area contributed by atoms with Crippen LogP contribution >= 0.6 is 11.8 Å². The molecule has 1 fully saturated rings. The van der Waals surface area contributed by atoms with Gasteiger partial charge in [-0.05, 0) is 24.5 Å². The molecular formula is C15H16FN3O3S. The molecule has 0 radical (unpaired) electrons. The zero-order valence-electron chi connectivity index (χ0n) is 12.2. The van der Waals surface area contributed by atoms with Crippen LogP contribution in [0.25, 0.3) is 0 Å². The summed E-state index contributed by atoms with van der Waals surface area (Å²) < 4.78 is 13.8. The third kappa shape index (κ3) is 3.47. The van der Waals surface area contributed by atoms with Crippen molar-refractivity contribution in [3.63, 3.8) is 0 Å². The molecule has 2 aliphatic heterocycles. The topological polar surface area (TPSA) is 87.3 Å². The first-order chi connectivity index (χ1) is 11.0. The average molecular weight is 337 g/mol. The molecule has 4 amide bonds. The number of nitrogens with one attached hydrogen (secondary N) is 3. The first-order valence-electron chi connectivity index (χ1n) is 7.36. The molecule has 2 atom stereocenters. The van der Waals surface area contributed by atoms with Gasteiger partial charge in [-0.25, -0.2) is 9.18 Å². The largest absolute Gasteiger partial charge is 0.349 e. The number of amides is 4.